The summed E-state index contributed by atoms with van der Waals surface area (Å²) in [5, 5.41) is 0. The molecule has 1 aromatic carbocycles. The van der Waals surface area contributed by atoms with Crippen molar-refractivity contribution in [2.45, 2.75) is 37.0 Å². The first kappa shape index (κ1) is 21.3. The molecule has 26 heavy (non-hydrogen) atoms. The van der Waals surface area contributed by atoms with E-state index >= 15 is 0 Å². The highest BCUT2D eigenvalue weighted by Gasteiger charge is 2.23. The quantitative estimate of drug-likeness (QED) is 0.622. The average Bonchev–Trinajstić information content (AvgIpc) is 2.62. The van der Waals surface area contributed by atoms with Crippen molar-refractivity contribution in [1.82, 2.24) is 9.62 Å². The van der Waals surface area contributed by atoms with Gasteiger partial charge in [0.25, 0.3) is 5.91 Å². The number of benzene rings is 1. The first-order chi connectivity index (χ1) is 12.3. The van der Waals surface area contributed by atoms with Gasteiger partial charge in [0.05, 0.1) is 17.1 Å². The number of rotatable bonds is 8. The standard InChI is InChI=1S/C18H27BrN2O4S/c1-21(13-14-6-4-3-5-7-14)18(22)16-12-15(8-9-17(16)19)26(23,24)20-10-11-25-2/h8-9,12,14,20H,3-7,10-11,13H2,1-2H3. The van der Waals surface area contributed by atoms with Crippen LogP contribution in [0.1, 0.15) is 42.5 Å². The molecule has 0 saturated heterocycles. The Balaban J connectivity index is 2.13. The summed E-state index contributed by atoms with van der Waals surface area (Å²) in [6.45, 7) is 1.17. The van der Waals surface area contributed by atoms with Gasteiger partial charge in [0, 0.05) is 31.7 Å². The van der Waals surface area contributed by atoms with Crippen LogP contribution in [0, 0.1) is 5.92 Å². The van der Waals surface area contributed by atoms with Gasteiger partial charge < -0.3 is 9.64 Å². The molecule has 1 amide bonds. The van der Waals surface area contributed by atoms with Crippen molar-refractivity contribution in [3.8, 4) is 0 Å². The van der Waals surface area contributed by atoms with Crippen molar-refractivity contribution < 1.29 is 17.9 Å². The van der Waals surface area contributed by atoms with Gasteiger partial charge in [-0.2, -0.15) is 0 Å². The highest BCUT2D eigenvalue weighted by Crippen LogP contribution is 2.26. The predicted octanol–water partition coefficient (Wildman–Crippen LogP) is 3.03. The number of nitrogens with zero attached hydrogens (tertiary/aromatic N) is 1. The van der Waals surface area contributed by atoms with E-state index in [2.05, 4.69) is 20.7 Å². The second-order valence-corrected chi connectivity index (χ2v) is 9.34. The molecule has 1 saturated carbocycles. The number of ether oxygens (including phenoxy) is 1. The predicted molar refractivity (Wildman–Crippen MR) is 105 cm³/mol. The first-order valence-electron chi connectivity index (χ1n) is 8.88. The molecule has 0 radical (unpaired) electrons. The van der Waals surface area contributed by atoms with E-state index in [1.54, 1.807) is 18.0 Å². The lowest BCUT2D eigenvalue weighted by atomic mass is 9.89. The molecule has 0 heterocycles. The van der Waals surface area contributed by atoms with Gasteiger partial charge in [-0.25, -0.2) is 13.1 Å². The normalized spacial score (nSPS) is 15.8. The van der Waals surface area contributed by atoms with E-state index in [0.29, 0.717) is 22.5 Å². The lowest BCUT2D eigenvalue weighted by Gasteiger charge is -2.27. The van der Waals surface area contributed by atoms with Gasteiger partial charge in [-0.05, 0) is 52.9 Å². The Kier molecular flexibility index (Phi) is 8.06. The largest absolute Gasteiger partial charge is 0.383 e. The van der Waals surface area contributed by atoms with E-state index in [0.717, 1.165) is 12.8 Å². The highest BCUT2D eigenvalue weighted by atomic mass is 79.9. The molecule has 1 fully saturated rings. The number of amides is 1. The van der Waals surface area contributed by atoms with E-state index in [4.69, 9.17) is 4.74 Å². The Morgan fingerprint density at radius 2 is 2.00 bits per heavy atom. The number of hydrogen-bond donors (Lipinski definition) is 1. The minimum atomic E-state index is -3.68. The van der Waals surface area contributed by atoms with Gasteiger partial charge in [-0.1, -0.05) is 19.3 Å². The van der Waals surface area contributed by atoms with Crippen molar-refractivity contribution in [2.24, 2.45) is 5.92 Å². The molecule has 0 bridgehead atoms. The number of carbonyl (C=O) groups is 1. The molecule has 1 N–H and O–H groups in total. The van der Waals surface area contributed by atoms with Crippen molar-refractivity contribution in [2.75, 3.05) is 33.9 Å². The van der Waals surface area contributed by atoms with E-state index in [1.807, 2.05) is 0 Å². The summed E-state index contributed by atoms with van der Waals surface area (Å²) in [5.41, 5.74) is 0.359. The number of nitrogens with one attached hydrogen (secondary N) is 1. The molecule has 1 aliphatic rings. The average molecular weight is 447 g/mol. The fourth-order valence-electron chi connectivity index (χ4n) is 3.24. The molecule has 0 spiro atoms. The Morgan fingerprint density at radius 3 is 2.65 bits per heavy atom. The van der Waals surface area contributed by atoms with E-state index in [1.165, 1.54) is 38.5 Å². The molecule has 1 aliphatic carbocycles. The summed E-state index contributed by atoms with van der Waals surface area (Å²) in [6.07, 6.45) is 6.01. The molecular formula is C18H27BrN2O4S. The lowest BCUT2D eigenvalue weighted by Crippen LogP contribution is -2.33. The molecule has 1 aromatic rings. The zero-order valence-corrected chi connectivity index (χ0v) is 17.7. The van der Waals surface area contributed by atoms with Gasteiger partial charge in [-0.3, -0.25) is 4.79 Å². The van der Waals surface area contributed by atoms with Crippen molar-refractivity contribution in [1.29, 1.82) is 0 Å². The third-order valence-electron chi connectivity index (χ3n) is 4.68. The Labute approximate surface area is 164 Å². The Hall–Kier alpha value is -0.960. The molecule has 2 rings (SSSR count). The summed E-state index contributed by atoms with van der Waals surface area (Å²) in [7, 11) is -0.394. The van der Waals surface area contributed by atoms with Crippen LogP contribution in [0.2, 0.25) is 0 Å². The smallest absolute Gasteiger partial charge is 0.254 e. The monoisotopic (exact) mass is 446 g/mol. The summed E-state index contributed by atoms with van der Waals surface area (Å²) in [4.78, 5) is 14.6. The Morgan fingerprint density at radius 1 is 1.31 bits per heavy atom. The summed E-state index contributed by atoms with van der Waals surface area (Å²) >= 11 is 3.37. The van der Waals surface area contributed by atoms with Gasteiger partial charge >= 0.3 is 0 Å². The van der Waals surface area contributed by atoms with E-state index < -0.39 is 10.0 Å². The minimum absolute atomic E-state index is 0.0752. The first-order valence-corrected chi connectivity index (χ1v) is 11.2. The van der Waals surface area contributed by atoms with Gasteiger partial charge in [0.1, 0.15) is 0 Å². The van der Waals surface area contributed by atoms with Crippen LogP contribution >= 0.6 is 15.9 Å². The van der Waals surface area contributed by atoms with Crippen LogP contribution in [-0.2, 0) is 14.8 Å². The number of carbonyl (C=O) groups excluding carboxylic acids is 1. The van der Waals surface area contributed by atoms with E-state index in [9.17, 15) is 13.2 Å². The van der Waals surface area contributed by atoms with Gasteiger partial charge in [-0.15, -0.1) is 0 Å². The molecule has 146 valence electrons. The summed E-state index contributed by atoms with van der Waals surface area (Å²) in [5.74, 6) is 0.357. The van der Waals surface area contributed by atoms with Crippen molar-refractivity contribution >= 4 is 31.9 Å². The van der Waals surface area contributed by atoms with Crippen molar-refractivity contribution in [3.63, 3.8) is 0 Å². The molecule has 6 nitrogen and oxygen atoms in total. The fraction of sp³-hybridized carbons (Fsp3) is 0.611. The minimum Gasteiger partial charge on any atom is -0.383 e. The summed E-state index contributed by atoms with van der Waals surface area (Å²) in [6, 6.07) is 4.52. The molecule has 0 atom stereocenters. The highest BCUT2D eigenvalue weighted by molar-refractivity contribution is 9.10. The van der Waals surface area contributed by atoms with Crippen LogP contribution < -0.4 is 4.72 Å². The summed E-state index contributed by atoms with van der Waals surface area (Å²) < 4.78 is 32.7. The second kappa shape index (κ2) is 9.82. The maximum Gasteiger partial charge on any atom is 0.254 e. The maximum atomic E-state index is 12.8. The third-order valence-corrected chi connectivity index (χ3v) is 6.83. The SMILES string of the molecule is COCCNS(=O)(=O)c1ccc(Br)c(C(=O)N(C)CC2CCCCC2)c1. The lowest BCUT2D eigenvalue weighted by molar-refractivity contribution is 0.0759. The maximum absolute atomic E-state index is 12.8. The second-order valence-electron chi connectivity index (χ2n) is 6.72. The van der Waals surface area contributed by atoms with Crippen molar-refractivity contribution in [3.05, 3.63) is 28.2 Å². The zero-order chi connectivity index (χ0) is 19.2. The fourth-order valence-corrected chi connectivity index (χ4v) is 4.70. The number of halogens is 1. The van der Waals surface area contributed by atoms with Crippen LogP contribution in [0.5, 0.6) is 0 Å². The van der Waals surface area contributed by atoms with Crippen LogP contribution in [-0.4, -0.2) is 53.1 Å². The number of hydrogen-bond acceptors (Lipinski definition) is 4. The molecule has 0 unspecified atom stereocenters. The number of sulfonamides is 1. The van der Waals surface area contributed by atoms with E-state index in [-0.39, 0.29) is 24.0 Å². The van der Waals surface area contributed by atoms with Crippen LogP contribution in [0.25, 0.3) is 0 Å². The topological polar surface area (TPSA) is 75.7 Å². The molecule has 0 aliphatic heterocycles. The van der Waals surface area contributed by atoms with Crippen LogP contribution in [0.3, 0.4) is 0 Å². The third kappa shape index (κ3) is 5.77. The molecule has 8 heteroatoms. The Bertz CT molecular complexity index is 718. The number of methoxy groups -OCH3 is 1. The molecular weight excluding hydrogens is 420 g/mol. The van der Waals surface area contributed by atoms with Gasteiger partial charge in [0.15, 0.2) is 0 Å². The van der Waals surface area contributed by atoms with Crippen LogP contribution in [0.4, 0.5) is 0 Å². The van der Waals surface area contributed by atoms with Crippen LogP contribution in [0.15, 0.2) is 27.6 Å². The zero-order valence-electron chi connectivity index (χ0n) is 15.3. The molecule has 0 aromatic heterocycles. The van der Waals surface area contributed by atoms with Gasteiger partial charge in [0.2, 0.25) is 10.0 Å².